The van der Waals surface area contributed by atoms with Crippen LogP contribution >= 0.6 is 0 Å². The molecule has 2 N–H and O–H groups in total. The predicted molar refractivity (Wildman–Crippen MR) is 78.6 cm³/mol. The Labute approximate surface area is 121 Å². The summed E-state index contributed by atoms with van der Waals surface area (Å²) in [5.74, 6) is 0. The van der Waals surface area contributed by atoms with E-state index in [9.17, 15) is 8.42 Å². The minimum absolute atomic E-state index is 0.0910. The van der Waals surface area contributed by atoms with Crippen LogP contribution in [-0.2, 0) is 16.6 Å². The number of pyridine rings is 1. The molecule has 0 radical (unpaired) electrons. The van der Waals surface area contributed by atoms with Crippen LogP contribution in [-0.4, -0.2) is 30.3 Å². The van der Waals surface area contributed by atoms with Crippen molar-refractivity contribution in [1.82, 2.24) is 9.29 Å². The first-order valence-corrected chi connectivity index (χ1v) is 8.71. The Morgan fingerprint density at radius 1 is 1.40 bits per heavy atom. The molecule has 1 aromatic heterocycles. The Bertz CT molecular complexity index is 545. The van der Waals surface area contributed by atoms with Crippen LogP contribution < -0.4 is 5.73 Å². The molecule has 5 nitrogen and oxygen atoms in total. The molecule has 0 saturated carbocycles. The van der Waals surface area contributed by atoms with Crippen LogP contribution in [0.15, 0.2) is 23.2 Å². The van der Waals surface area contributed by atoms with Crippen LogP contribution in [0.3, 0.4) is 0 Å². The van der Waals surface area contributed by atoms with Gasteiger partial charge in [0.1, 0.15) is 4.90 Å². The topological polar surface area (TPSA) is 76.3 Å². The molecule has 1 saturated heterocycles. The lowest BCUT2D eigenvalue weighted by Gasteiger charge is -2.28. The summed E-state index contributed by atoms with van der Waals surface area (Å²) in [5.41, 5.74) is 6.08. The van der Waals surface area contributed by atoms with Crippen LogP contribution in [0.4, 0.5) is 0 Å². The number of nitrogens with two attached hydrogens (primary N) is 1. The lowest BCUT2D eigenvalue weighted by atomic mass is 10.1. The fraction of sp³-hybridized carbons (Fsp3) is 0.643. The Balaban J connectivity index is 2.41. The molecular formula is C14H23N3O2S. The maximum absolute atomic E-state index is 12.9. The second-order valence-electron chi connectivity index (χ2n) is 5.18. The standard InChI is InChI=1S/C14H23N3O2S/c1-2-12-7-4-3-5-10-17(12)20(18,19)14-8-6-9-16-13(14)11-15/h6,8-9,12H,2-5,7,10-11,15H2,1H3. The van der Waals surface area contributed by atoms with Gasteiger partial charge in [-0.3, -0.25) is 4.98 Å². The van der Waals surface area contributed by atoms with Gasteiger partial charge in [0, 0.05) is 25.3 Å². The number of rotatable bonds is 4. The number of hydrogen-bond acceptors (Lipinski definition) is 4. The first-order chi connectivity index (χ1) is 9.61. The molecule has 2 heterocycles. The Kier molecular flexibility index (Phi) is 5.12. The average molecular weight is 297 g/mol. The number of nitrogens with zero attached hydrogens (tertiary/aromatic N) is 2. The van der Waals surface area contributed by atoms with Crippen molar-refractivity contribution in [1.29, 1.82) is 0 Å². The van der Waals surface area contributed by atoms with E-state index >= 15 is 0 Å². The molecule has 112 valence electrons. The van der Waals surface area contributed by atoms with Gasteiger partial charge in [-0.15, -0.1) is 0 Å². The maximum Gasteiger partial charge on any atom is 0.245 e. The van der Waals surface area contributed by atoms with Gasteiger partial charge in [-0.1, -0.05) is 19.8 Å². The van der Waals surface area contributed by atoms with Crippen molar-refractivity contribution in [2.45, 2.75) is 56.5 Å². The van der Waals surface area contributed by atoms with Gasteiger partial charge in [0.25, 0.3) is 0 Å². The Morgan fingerprint density at radius 2 is 2.20 bits per heavy atom. The molecule has 6 heteroatoms. The summed E-state index contributed by atoms with van der Waals surface area (Å²) in [4.78, 5) is 4.37. The Hall–Kier alpha value is -0.980. The third kappa shape index (κ3) is 3.02. The highest BCUT2D eigenvalue weighted by Gasteiger charge is 2.32. The molecule has 1 fully saturated rings. The summed E-state index contributed by atoms with van der Waals surface area (Å²) in [6.45, 7) is 2.78. The average Bonchev–Trinajstić information content (AvgIpc) is 2.72. The summed E-state index contributed by atoms with van der Waals surface area (Å²) in [5, 5.41) is 0. The van der Waals surface area contributed by atoms with Crippen LogP contribution in [0.1, 0.15) is 44.7 Å². The van der Waals surface area contributed by atoms with E-state index in [1.165, 1.54) is 0 Å². The van der Waals surface area contributed by atoms with Crippen molar-refractivity contribution in [3.63, 3.8) is 0 Å². The molecule has 0 bridgehead atoms. The van der Waals surface area contributed by atoms with Crippen molar-refractivity contribution in [3.05, 3.63) is 24.0 Å². The molecule has 0 spiro atoms. The monoisotopic (exact) mass is 297 g/mol. The molecule has 1 unspecified atom stereocenters. The summed E-state index contributed by atoms with van der Waals surface area (Å²) in [7, 11) is -3.50. The minimum atomic E-state index is -3.50. The van der Waals surface area contributed by atoms with E-state index in [-0.39, 0.29) is 17.5 Å². The molecular weight excluding hydrogens is 274 g/mol. The summed E-state index contributed by atoms with van der Waals surface area (Å²) in [6, 6.07) is 3.36. The fourth-order valence-corrected chi connectivity index (χ4v) is 4.77. The quantitative estimate of drug-likeness (QED) is 0.920. The highest BCUT2D eigenvalue weighted by atomic mass is 32.2. The van der Waals surface area contributed by atoms with Crippen LogP contribution in [0.5, 0.6) is 0 Å². The van der Waals surface area contributed by atoms with Gasteiger partial charge >= 0.3 is 0 Å². The van der Waals surface area contributed by atoms with Gasteiger partial charge in [0.15, 0.2) is 0 Å². The van der Waals surface area contributed by atoms with Gasteiger partial charge in [0.05, 0.1) is 5.69 Å². The predicted octanol–water partition coefficient (Wildman–Crippen LogP) is 1.88. The van der Waals surface area contributed by atoms with E-state index in [1.807, 2.05) is 6.92 Å². The first kappa shape index (κ1) is 15.4. The van der Waals surface area contributed by atoms with Crippen LogP contribution in [0, 0.1) is 0 Å². The van der Waals surface area contributed by atoms with Crippen molar-refractivity contribution >= 4 is 10.0 Å². The van der Waals surface area contributed by atoms with Gasteiger partial charge in [-0.05, 0) is 31.4 Å². The molecule has 0 aromatic carbocycles. The lowest BCUT2D eigenvalue weighted by molar-refractivity contribution is 0.314. The zero-order valence-electron chi connectivity index (χ0n) is 12.0. The van der Waals surface area contributed by atoms with E-state index in [0.717, 1.165) is 32.1 Å². The van der Waals surface area contributed by atoms with E-state index in [1.54, 1.807) is 22.6 Å². The summed E-state index contributed by atoms with van der Waals surface area (Å²) in [6.07, 6.45) is 6.49. The molecule has 2 rings (SSSR count). The molecule has 1 aliphatic heterocycles. The van der Waals surface area contributed by atoms with E-state index in [2.05, 4.69) is 4.98 Å². The molecule has 20 heavy (non-hydrogen) atoms. The van der Waals surface area contributed by atoms with E-state index in [4.69, 9.17) is 5.73 Å². The van der Waals surface area contributed by atoms with Gasteiger partial charge in [0.2, 0.25) is 10.0 Å². The van der Waals surface area contributed by atoms with Gasteiger partial charge in [-0.25, -0.2) is 8.42 Å². The highest BCUT2D eigenvalue weighted by Crippen LogP contribution is 2.27. The number of aromatic nitrogens is 1. The largest absolute Gasteiger partial charge is 0.325 e. The molecule has 0 amide bonds. The summed E-state index contributed by atoms with van der Waals surface area (Å²) >= 11 is 0. The fourth-order valence-electron chi connectivity index (χ4n) is 2.81. The lowest BCUT2D eigenvalue weighted by Crippen LogP contribution is -2.40. The number of sulfonamides is 1. The first-order valence-electron chi connectivity index (χ1n) is 7.27. The maximum atomic E-state index is 12.9. The second kappa shape index (κ2) is 6.65. The van der Waals surface area contributed by atoms with E-state index in [0.29, 0.717) is 12.2 Å². The smallest absolute Gasteiger partial charge is 0.245 e. The zero-order valence-corrected chi connectivity index (χ0v) is 12.8. The number of hydrogen-bond donors (Lipinski definition) is 1. The van der Waals surface area contributed by atoms with Crippen molar-refractivity contribution < 1.29 is 8.42 Å². The Morgan fingerprint density at radius 3 is 2.90 bits per heavy atom. The third-order valence-electron chi connectivity index (χ3n) is 3.92. The third-order valence-corrected chi connectivity index (χ3v) is 5.95. The van der Waals surface area contributed by atoms with Crippen LogP contribution in [0.2, 0.25) is 0 Å². The van der Waals surface area contributed by atoms with Crippen LogP contribution in [0.25, 0.3) is 0 Å². The zero-order chi connectivity index (χ0) is 14.6. The summed E-state index contributed by atoms with van der Waals surface area (Å²) < 4.78 is 27.5. The minimum Gasteiger partial charge on any atom is -0.325 e. The van der Waals surface area contributed by atoms with Crippen molar-refractivity contribution in [3.8, 4) is 0 Å². The molecule has 0 aliphatic carbocycles. The second-order valence-corrected chi connectivity index (χ2v) is 7.04. The highest BCUT2D eigenvalue weighted by molar-refractivity contribution is 7.89. The molecule has 1 atom stereocenters. The van der Waals surface area contributed by atoms with Gasteiger partial charge < -0.3 is 5.73 Å². The van der Waals surface area contributed by atoms with Gasteiger partial charge in [-0.2, -0.15) is 4.31 Å². The molecule has 1 aromatic rings. The molecule has 1 aliphatic rings. The van der Waals surface area contributed by atoms with Crippen molar-refractivity contribution in [2.75, 3.05) is 6.54 Å². The van der Waals surface area contributed by atoms with E-state index < -0.39 is 10.0 Å². The van der Waals surface area contributed by atoms with Crippen molar-refractivity contribution in [2.24, 2.45) is 5.73 Å². The normalized spacial score (nSPS) is 21.6. The SMILES string of the molecule is CCC1CCCCCN1S(=O)(=O)c1cccnc1CN.